The number of nitrogens with zero attached hydrogens (tertiary/aromatic N) is 5. The molecule has 1 aliphatic carbocycles. The van der Waals surface area contributed by atoms with Crippen LogP contribution < -0.4 is 0 Å². The summed E-state index contributed by atoms with van der Waals surface area (Å²) in [5.41, 5.74) is 0.0832. The van der Waals surface area contributed by atoms with Crippen LogP contribution in [0.3, 0.4) is 0 Å². The number of piperazine rings is 1. The minimum Gasteiger partial charge on any atom is -0.424 e. The second-order valence-corrected chi connectivity index (χ2v) is 8.33. The molecule has 144 valence electrons. The number of rotatable bonds is 5. The Kier molecular flexibility index (Phi) is 5.01. The molecule has 4 rings (SSSR count). The van der Waals surface area contributed by atoms with Gasteiger partial charge in [-0.15, -0.1) is 10.2 Å². The standard InChI is InChI=1S/C19H31N5O2/c1-3-16-20-21-17(26-16)13-23-11-10-22(2)19(14-23)7-6-18(25)24(9-8-19)12-15-4-5-15/h15H,3-14H2,1-2H3/t19-/m0/s1. The summed E-state index contributed by atoms with van der Waals surface area (Å²) in [6.45, 7) is 7.60. The molecule has 1 amide bonds. The molecule has 0 radical (unpaired) electrons. The SMILES string of the molecule is CCc1nnc(CN2CCN(C)[C@]3(CCC(=O)N(CC4CC4)CC3)C2)o1. The van der Waals surface area contributed by atoms with Crippen LogP contribution in [-0.4, -0.2) is 76.1 Å². The molecule has 0 unspecified atom stereocenters. The molecule has 7 nitrogen and oxygen atoms in total. The lowest BCUT2D eigenvalue weighted by Gasteiger charge is -2.49. The third kappa shape index (κ3) is 3.78. The van der Waals surface area contributed by atoms with Gasteiger partial charge in [-0.05, 0) is 38.6 Å². The number of aryl methyl sites for hydroxylation is 1. The Bertz CT molecular complexity index is 644. The highest BCUT2D eigenvalue weighted by Crippen LogP contribution is 2.35. The quantitative estimate of drug-likeness (QED) is 0.793. The highest BCUT2D eigenvalue weighted by molar-refractivity contribution is 5.76. The third-order valence-electron chi connectivity index (χ3n) is 6.43. The van der Waals surface area contributed by atoms with Gasteiger partial charge in [0.1, 0.15) is 0 Å². The maximum Gasteiger partial charge on any atom is 0.230 e. The molecule has 0 N–H and O–H groups in total. The summed E-state index contributed by atoms with van der Waals surface area (Å²) in [5, 5.41) is 8.26. The molecule has 3 fully saturated rings. The fraction of sp³-hybridized carbons (Fsp3) is 0.842. The average Bonchev–Trinajstić information content (AvgIpc) is 3.37. The van der Waals surface area contributed by atoms with Gasteiger partial charge >= 0.3 is 0 Å². The number of hydrogen-bond donors (Lipinski definition) is 0. The lowest BCUT2D eigenvalue weighted by Crippen LogP contribution is -2.60. The monoisotopic (exact) mass is 361 g/mol. The van der Waals surface area contributed by atoms with Crippen molar-refractivity contribution in [2.45, 2.75) is 57.5 Å². The van der Waals surface area contributed by atoms with Crippen LogP contribution in [0.1, 0.15) is 50.8 Å². The van der Waals surface area contributed by atoms with Gasteiger partial charge in [0.05, 0.1) is 6.54 Å². The van der Waals surface area contributed by atoms with Crippen LogP contribution in [0.25, 0.3) is 0 Å². The summed E-state index contributed by atoms with van der Waals surface area (Å²) >= 11 is 0. The van der Waals surface area contributed by atoms with E-state index >= 15 is 0 Å². The molecule has 1 aromatic rings. The first-order chi connectivity index (χ1) is 12.6. The zero-order valence-electron chi connectivity index (χ0n) is 16.1. The first-order valence-electron chi connectivity index (χ1n) is 10.1. The van der Waals surface area contributed by atoms with Gasteiger partial charge < -0.3 is 9.32 Å². The van der Waals surface area contributed by atoms with Crippen LogP contribution in [-0.2, 0) is 17.8 Å². The van der Waals surface area contributed by atoms with Gasteiger partial charge in [-0.3, -0.25) is 14.6 Å². The summed E-state index contributed by atoms with van der Waals surface area (Å²) in [6, 6.07) is 0. The van der Waals surface area contributed by atoms with Crippen molar-refractivity contribution in [1.29, 1.82) is 0 Å². The summed E-state index contributed by atoms with van der Waals surface area (Å²) in [7, 11) is 2.22. The summed E-state index contributed by atoms with van der Waals surface area (Å²) in [4.78, 5) is 19.6. The lowest BCUT2D eigenvalue weighted by molar-refractivity contribution is -0.131. The Labute approximate surface area is 155 Å². The van der Waals surface area contributed by atoms with Crippen LogP contribution in [0.4, 0.5) is 0 Å². The Morgan fingerprint density at radius 3 is 2.69 bits per heavy atom. The van der Waals surface area contributed by atoms with Crippen LogP contribution in [0, 0.1) is 5.92 Å². The van der Waals surface area contributed by atoms with Crippen molar-refractivity contribution in [3.63, 3.8) is 0 Å². The Morgan fingerprint density at radius 2 is 1.96 bits per heavy atom. The van der Waals surface area contributed by atoms with Crippen LogP contribution in [0.5, 0.6) is 0 Å². The predicted molar refractivity (Wildman–Crippen MR) is 97.5 cm³/mol. The normalized spacial score (nSPS) is 28.7. The summed E-state index contributed by atoms with van der Waals surface area (Å²) < 4.78 is 5.71. The number of likely N-dealkylation sites (N-methyl/N-ethyl adjacent to an activating group) is 1. The fourth-order valence-electron chi connectivity index (χ4n) is 4.40. The molecular weight excluding hydrogens is 330 g/mol. The number of amides is 1. The smallest absolute Gasteiger partial charge is 0.230 e. The second-order valence-electron chi connectivity index (χ2n) is 8.33. The first kappa shape index (κ1) is 17.9. The number of carbonyl (C=O) groups excluding carboxylic acids is 1. The van der Waals surface area contributed by atoms with Gasteiger partial charge in [0.25, 0.3) is 0 Å². The van der Waals surface area contributed by atoms with E-state index in [9.17, 15) is 4.79 Å². The van der Waals surface area contributed by atoms with Gasteiger partial charge in [0, 0.05) is 51.1 Å². The highest BCUT2D eigenvalue weighted by atomic mass is 16.4. The molecule has 26 heavy (non-hydrogen) atoms. The van der Waals surface area contributed by atoms with E-state index in [0.29, 0.717) is 30.7 Å². The molecule has 3 aliphatic rings. The molecule has 1 atom stereocenters. The average molecular weight is 361 g/mol. The van der Waals surface area contributed by atoms with E-state index in [1.165, 1.54) is 12.8 Å². The number of aromatic nitrogens is 2. The van der Waals surface area contributed by atoms with E-state index in [-0.39, 0.29) is 5.54 Å². The Morgan fingerprint density at radius 1 is 1.15 bits per heavy atom. The van der Waals surface area contributed by atoms with Gasteiger partial charge in [0.15, 0.2) is 0 Å². The summed E-state index contributed by atoms with van der Waals surface area (Å²) in [6.07, 6.45) is 6.05. The number of likely N-dealkylation sites (tertiary alicyclic amines) is 1. The minimum absolute atomic E-state index is 0.0832. The van der Waals surface area contributed by atoms with E-state index in [1.807, 2.05) is 6.92 Å². The van der Waals surface area contributed by atoms with Crippen LogP contribution in [0.15, 0.2) is 4.42 Å². The van der Waals surface area contributed by atoms with Crippen molar-refractivity contribution < 1.29 is 9.21 Å². The van der Waals surface area contributed by atoms with Gasteiger partial charge in [-0.2, -0.15) is 0 Å². The molecule has 1 spiro atoms. The van der Waals surface area contributed by atoms with Crippen molar-refractivity contribution in [3.8, 4) is 0 Å². The highest BCUT2D eigenvalue weighted by Gasteiger charge is 2.43. The second kappa shape index (κ2) is 7.27. The Balaban J connectivity index is 1.42. The maximum absolute atomic E-state index is 12.6. The van der Waals surface area contributed by atoms with Crippen molar-refractivity contribution >= 4 is 5.91 Å². The van der Waals surface area contributed by atoms with Crippen molar-refractivity contribution in [2.24, 2.45) is 5.92 Å². The van der Waals surface area contributed by atoms with Gasteiger partial charge in [0.2, 0.25) is 17.7 Å². The van der Waals surface area contributed by atoms with E-state index < -0.39 is 0 Å². The molecule has 2 saturated heterocycles. The minimum atomic E-state index is 0.0832. The lowest BCUT2D eigenvalue weighted by atomic mass is 9.86. The van der Waals surface area contributed by atoms with Crippen LogP contribution in [0.2, 0.25) is 0 Å². The van der Waals surface area contributed by atoms with Crippen molar-refractivity contribution in [2.75, 3.05) is 39.8 Å². The van der Waals surface area contributed by atoms with Crippen LogP contribution >= 0.6 is 0 Å². The molecule has 1 saturated carbocycles. The third-order valence-corrected chi connectivity index (χ3v) is 6.43. The molecule has 2 aliphatic heterocycles. The number of carbonyl (C=O) groups is 1. The predicted octanol–water partition coefficient (Wildman–Crippen LogP) is 1.54. The van der Waals surface area contributed by atoms with E-state index in [0.717, 1.165) is 57.9 Å². The summed E-state index contributed by atoms with van der Waals surface area (Å²) in [5.74, 6) is 2.53. The molecule has 7 heteroatoms. The molecule has 0 bridgehead atoms. The van der Waals surface area contributed by atoms with E-state index in [4.69, 9.17) is 4.42 Å². The Hall–Kier alpha value is -1.47. The first-order valence-corrected chi connectivity index (χ1v) is 10.1. The van der Waals surface area contributed by atoms with Crippen molar-refractivity contribution in [3.05, 3.63) is 11.8 Å². The largest absolute Gasteiger partial charge is 0.424 e. The van der Waals surface area contributed by atoms with Crippen molar-refractivity contribution in [1.82, 2.24) is 24.9 Å². The molecule has 3 heterocycles. The van der Waals surface area contributed by atoms with Gasteiger partial charge in [-0.1, -0.05) is 6.92 Å². The van der Waals surface area contributed by atoms with E-state index in [1.54, 1.807) is 0 Å². The van der Waals surface area contributed by atoms with E-state index in [2.05, 4.69) is 31.9 Å². The fourth-order valence-corrected chi connectivity index (χ4v) is 4.40. The zero-order valence-corrected chi connectivity index (χ0v) is 16.1. The molecule has 1 aromatic heterocycles. The van der Waals surface area contributed by atoms with Gasteiger partial charge in [-0.25, -0.2) is 0 Å². The molecule has 0 aromatic carbocycles. The molecular formula is C19H31N5O2. The topological polar surface area (TPSA) is 65.7 Å². The maximum atomic E-state index is 12.6. The zero-order chi connectivity index (χ0) is 18.1. The number of hydrogen-bond acceptors (Lipinski definition) is 6.